The number of nitrogens with zero attached hydrogens (tertiary/aromatic N) is 3. The topological polar surface area (TPSA) is 59.2 Å². The average molecular weight is 366 g/mol. The minimum Gasteiger partial charge on any atom is -0.477 e. The van der Waals surface area contributed by atoms with E-state index in [0.29, 0.717) is 11.2 Å². The summed E-state index contributed by atoms with van der Waals surface area (Å²) in [4.78, 5) is 16.5. The van der Waals surface area contributed by atoms with Crippen molar-refractivity contribution in [3.8, 4) is 17.0 Å². The van der Waals surface area contributed by atoms with Crippen LogP contribution >= 0.6 is 0 Å². The molecule has 134 valence electrons. The van der Waals surface area contributed by atoms with Gasteiger partial charge in [0.25, 0.3) is 11.5 Å². The number of hydrogen-bond acceptors (Lipinski definition) is 3. The lowest BCUT2D eigenvalue weighted by molar-refractivity contribution is -0.532. The molecule has 0 amide bonds. The summed E-state index contributed by atoms with van der Waals surface area (Å²) in [7, 11) is 0. The highest BCUT2D eigenvalue weighted by atomic mass is 19.1. The maximum absolute atomic E-state index is 14.3. The van der Waals surface area contributed by atoms with Crippen LogP contribution in [0.1, 0.15) is 5.56 Å². The first-order valence-corrected chi connectivity index (χ1v) is 8.18. The number of aromatic nitrogens is 3. The molecule has 1 aromatic carbocycles. The Kier molecular flexibility index (Phi) is 4.12. The summed E-state index contributed by atoms with van der Waals surface area (Å²) < 4.78 is 30.2. The van der Waals surface area contributed by atoms with E-state index in [2.05, 4.69) is 4.98 Å². The monoisotopic (exact) mass is 366 g/mol. The lowest BCUT2D eigenvalue weighted by Crippen LogP contribution is -2.43. The lowest BCUT2D eigenvalue weighted by atomic mass is 10.1. The molecule has 4 rings (SSSR count). The van der Waals surface area contributed by atoms with Crippen LogP contribution in [0.3, 0.4) is 0 Å². The number of hydrogen-bond donors (Lipinski definition) is 1. The fraction of sp³-hybridized carbons (Fsp3) is 0.0500. The standard InChI is InChI=1S/C20H13F2N3O2/c21-15-6-2-1-5-14(15)18-19(26)24-10-4-3-7-17(24)25(20(18)27)12-13-8-9-16(22)23-11-13/h1-11H,12H2/p+1. The zero-order chi connectivity index (χ0) is 19.0. The first-order chi connectivity index (χ1) is 13.1. The molecule has 3 heterocycles. The molecular weight excluding hydrogens is 352 g/mol. The molecule has 7 heteroatoms. The summed E-state index contributed by atoms with van der Waals surface area (Å²) in [6.07, 6.45) is 2.88. The smallest absolute Gasteiger partial charge is 0.354 e. The molecule has 3 aromatic heterocycles. The van der Waals surface area contributed by atoms with Crippen LogP contribution in [0, 0.1) is 11.8 Å². The molecule has 0 aliphatic carbocycles. The van der Waals surface area contributed by atoms with Crippen LogP contribution in [0.25, 0.3) is 16.8 Å². The van der Waals surface area contributed by atoms with E-state index < -0.39 is 17.3 Å². The summed E-state index contributed by atoms with van der Waals surface area (Å²) >= 11 is 0. The van der Waals surface area contributed by atoms with E-state index in [9.17, 15) is 18.7 Å². The van der Waals surface area contributed by atoms with E-state index in [4.69, 9.17) is 0 Å². The first kappa shape index (κ1) is 16.8. The van der Waals surface area contributed by atoms with Crippen molar-refractivity contribution in [2.75, 3.05) is 0 Å². The fourth-order valence-electron chi connectivity index (χ4n) is 3.02. The van der Waals surface area contributed by atoms with Crippen molar-refractivity contribution in [1.82, 2.24) is 9.55 Å². The molecule has 5 nitrogen and oxygen atoms in total. The van der Waals surface area contributed by atoms with Gasteiger partial charge in [-0.3, -0.25) is 0 Å². The number of pyridine rings is 2. The predicted molar refractivity (Wildman–Crippen MR) is 94.2 cm³/mol. The largest absolute Gasteiger partial charge is 0.477 e. The van der Waals surface area contributed by atoms with Crippen molar-refractivity contribution >= 4 is 5.65 Å². The summed E-state index contributed by atoms with van der Waals surface area (Å²) in [5.41, 5.74) is 0.336. The van der Waals surface area contributed by atoms with Crippen molar-refractivity contribution in [3.63, 3.8) is 0 Å². The Balaban J connectivity index is 2.02. The van der Waals surface area contributed by atoms with Gasteiger partial charge in [-0.1, -0.05) is 24.3 Å². The second-order valence-electron chi connectivity index (χ2n) is 5.99. The van der Waals surface area contributed by atoms with Crippen LogP contribution < -0.4 is 9.96 Å². The van der Waals surface area contributed by atoms with Gasteiger partial charge in [-0.25, -0.2) is 14.2 Å². The van der Waals surface area contributed by atoms with E-state index in [1.165, 1.54) is 45.5 Å². The van der Waals surface area contributed by atoms with E-state index in [1.54, 1.807) is 30.5 Å². The fourth-order valence-corrected chi connectivity index (χ4v) is 3.02. The van der Waals surface area contributed by atoms with Gasteiger partial charge in [0, 0.05) is 23.4 Å². The molecule has 0 saturated heterocycles. The Morgan fingerprint density at radius 1 is 1.04 bits per heavy atom. The Hall–Kier alpha value is -3.61. The minimum absolute atomic E-state index is 0.00392. The van der Waals surface area contributed by atoms with Gasteiger partial charge in [-0.05, 0) is 24.3 Å². The van der Waals surface area contributed by atoms with Crippen molar-refractivity contribution in [1.29, 1.82) is 0 Å². The van der Waals surface area contributed by atoms with Crippen LogP contribution in [-0.4, -0.2) is 14.7 Å². The number of halogens is 2. The summed E-state index contributed by atoms with van der Waals surface area (Å²) in [6.45, 7) is 0.119. The van der Waals surface area contributed by atoms with Crippen molar-refractivity contribution in [2.24, 2.45) is 0 Å². The minimum atomic E-state index is -0.617. The molecule has 0 radical (unpaired) electrons. The number of aromatic hydroxyl groups is 1. The molecule has 0 fully saturated rings. The molecule has 0 spiro atoms. The lowest BCUT2D eigenvalue weighted by Gasteiger charge is -2.10. The molecule has 0 saturated carbocycles. The zero-order valence-electron chi connectivity index (χ0n) is 14.0. The second-order valence-corrected chi connectivity index (χ2v) is 5.99. The normalized spacial score (nSPS) is 11.0. The van der Waals surface area contributed by atoms with Crippen LogP contribution in [0.2, 0.25) is 0 Å². The van der Waals surface area contributed by atoms with Crippen LogP contribution in [0.4, 0.5) is 8.78 Å². The quantitative estimate of drug-likeness (QED) is 0.448. The van der Waals surface area contributed by atoms with E-state index >= 15 is 0 Å². The van der Waals surface area contributed by atoms with Crippen molar-refractivity contribution in [3.05, 3.63) is 94.7 Å². The van der Waals surface area contributed by atoms with Gasteiger partial charge in [0.05, 0.1) is 6.20 Å². The van der Waals surface area contributed by atoms with Crippen LogP contribution in [0.5, 0.6) is 5.88 Å². The highest BCUT2D eigenvalue weighted by Gasteiger charge is 2.26. The van der Waals surface area contributed by atoms with Gasteiger partial charge in [0.2, 0.25) is 5.95 Å². The van der Waals surface area contributed by atoms with Crippen LogP contribution in [-0.2, 0) is 6.54 Å². The number of fused-ring (bicyclic) bond motifs is 1. The molecule has 1 N–H and O–H groups in total. The Morgan fingerprint density at radius 2 is 1.81 bits per heavy atom. The van der Waals surface area contributed by atoms with E-state index in [-0.39, 0.29) is 23.6 Å². The van der Waals surface area contributed by atoms with Gasteiger partial charge < -0.3 is 5.11 Å². The third kappa shape index (κ3) is 2.93. The average Bonchev–Trinajstić information content (AvgIpc) is 2.68. The molecule has 4 aromatic rings. The van der Waals surface area contributed by atoms with Crippen molar-refractivity contribution in [2.45, 2.75) is 6.54 Å². The summed E-state index contributed by atoms with van der Waals surface area (Å²) in [5.74, 6) is -1.61. The molecule has 0 aliphatic rings. The maximum Gasteiger partial charge on any atom is 0.354 e. The second kappa shape index (κ2) is 6.60. The molecule has 0 aliphatic heterocycles. The third-order valence-corrected chi connectivity index (χ3v) is 4.30. The van der Waals surface area contributed by atoms with Gasteiger partial charge in [-0.15, -0.1) is 0 Å². The van der Waals surface area contributed by atoms with Gasteiger partial charge >= 0.3 is 5.56 Å². The first-order valence-electron chi connectivity index (χ1n) is 8.18. The Labute approximate surface area is 152 Å². The third-order valence-electron chi connectivity index (χ3n) is 4.30. The van der Waals surface area contributed by atoms with E-state index in [0.717, 1.165) is 0 Å². The Bertz CT molecular complexity index is 1200. The molecule has 0 unspecified atom stereocenters. The molecule has 0 atom stereocenters. The predicted octanol–water partition coefficient (Wildman–Crippen LogP) is 2.68. The zero-order valence-corrected chi connectivity index (χ0v) is 14.0. The molecule has 27 heavy (non-hydrogen) atoms. The highest BCUT2D eigenvalue weighted by molar-refractivity contribution is 5.68. The number of rotatable bonds is 3. The van der Waals surface area contributed by atoms with Crippen LogP contribution in [0.15, 0.2) is 71.8 Å². The van der Waals surface area contributed by atoms with Crippen molar-refractivity contribution < 1.29 is 18.3 Å². The molecule has 0 bridgehead atoms. The van der Waals surface area contributed by atoms with Gasteiger partial charge in [0.15, 0.2) is 5.56 Å². The Morgan fingerprint density at radius 3 is 2.56 bits per heavy atom. The van der Waals surface area contributed by atoms with Gasteiger partial charge in [-0.2, -0.15) is 13.4 Å². The highest BCUT2D eigenvalue weighted by Crippen LogP contribution is 2.28. The van der Waals surface area contributed by atoms with Gasteiger partial charge in [0.1, 0.15) is 12.4 Å². The SMILES string of the molecule is O=c1c(-c2ccccc2F)c(O)n(Cc2ccc(F)nc2)c2cccc[n+]12. The molecular formula is C20H14F2N3O2+. The number of benzene rings is 1. The summed E-state index contributed by atoms with van der Waals surface area (Å²) in [6, 6.07) is 13.5. The van der Waals surface area contributed by atoms with E-state index in [1.807, 2.05) is 0 Å². The maximum atomic E-state index is 14.3. The summed E-state index contributed by atoms with van der Waals surface area (Å²) in [5, 5.41) is 10.8.